The molecule has 8 heteroatoms. The van der Waals surface area contributed by atoms with Gasteiger partial charge in [0.2, 0.25) is 0 Å². The summed E-state index contributed by atoms with van der Waals surface area (Å²) in [5, 5.41) is 2.80. The molecule has 1 atom stereocenters. The van der Waals surface area contributed by atoms with Crippen LogP contribution in [0, 0.1) is 0 Å². The third-order valence-electron chi connectivity index (χ3n) is 4.83. The van der Waals surface area contributed by atoms with Gasteiger partial charge in [0.15, 0.2) is 0 Å². The van der Waals surface area contributed by atoms with Gasteiger partial charge in [0.25, 0.3) is 0 Å². The smallest absolute Gasteiger partial charge is 0.356 e. The first-order valence-corrected chi connectivity index (χ1v) is 9.25. The Morgan fingerprint density at radius 2 is 2.00 bits per heavy atom. The minimum atomic E-state index is -4.36. The molecule has 0 radical (unpaired) electrons. The first-order chi connectivity index (χ1) is 13.0. The van der Waals surface area contributed by atoms with Crippen LogP contribution >= 0.6 is 0 Å². The van der Waals surface area contributed by atoms with Gasteiger partial charge >= 0.3 is 6.18 Å². The molecular formula is C19H24F3N5. The second-order valence-corrected chi connectivity index (χ2v) is 6.81. The zero-order valence-electron chi connectivity index (χ0n) is 15.3. The number of aromatic nitrogens is 3. The quantitative estimate of drug-likeness (QED) is 0.830. The molecule has 1 N–H and O–H groups in total. The maximum absolute atomic E-state index is 13.5. The van der Waals surface area contributed by atoms with Crippen LogP contribution in [0.3, 0.4) is 0 Å². The van der Waals surface area contributed by atoms with Crippen molar-refractivity contribution in [1.29, 1.82) is 0 Å². The van der Waals surface area contributed by atoms with Gasteiger partial charge in [0, 0.05) is 43.3 Å². The van der Waals surface area contributed by atoms with Gasteiger partial charge in [-0.15, -0.1) is 0 Å². The number of alkyl halides is 3. The van der Waals surface area contributed by atoms with E-state index in [0.29, 0.717) is 25.9 Å². The summed E-state index contributed by atoms with van der Waals surface area (Å²) in [6.07, 6.45) is 4.90. The highest BCUT2D eigenvalue weighted by atomic mass is 19.4. The van der Waals surface area contributed by atoms with Crippen molar-refractivity contribution < 1.29 is 13.2 Å². The maximum Gasteiger partial charge on any atom is 0.407 e. The fraction of sp³-hybridized carbons (Fsp3) is 0.526. The van der Waals surface area contributed by atoms with Crippen molar-refractivity contribution in [3.63, 3.8) is 0 Å². The summed E-state index contributed by atoms with van der Waals surface area (Å²) < 4.78 is 40.6. The average molecular weight is 379 g/mol. The Kier molecular flexibility index (Phi) is 6.26. The van der Waals surface area contributed by atoms with Gasteiger partial charge in [-0.1, -0.05) is 19.4 Å². The van der Waals surface area contributed by atoms with Crippen LogP contribution in [-0.4, -0.2) is 40.3 Å². The second kappa shape index (κ2) is 8.65. The molecule has 1 aliphatic rings. The van der Waals surface area contributed by atoms with E-state index in [0.717, 1.165) is 24.2 Å². The molecule has 0 spiro atoms. The number of halogens is 3. The van der Waals surface area contributed by atoms with E-state index in [9.17, 15) is 13.2 Å². The fourth-order valence-electron chi connectivity index (χ4n) is 3.50. The van der Waals surface area contributed by atoms with Gasteiger partial charge in [-0.3, -0.25) is 10.3 Å². The Morgan fingerprint density at radius 1 is 1.22 bits per heavy atom. The van der Waals surface area contributed by atoms with Crippen molar-refractivity contribution in [3.8, 4) is 0 Å². The Hall–Kier alpha value is -2.22. The third kappa shape index (κ3) is 4.94. The molecule has 3 rings (SSSR count). The van der Waals surface area contributed by atoms with Crippen LogP contribution in [0.5, 0.6) is 0 Å². The van der Waals surface area contributed by atoms with Crippen LogP contribution in [0.2, 0.25) is 0 Å². The monoisotopic (exact) mass is 379 g/mol. The molecule has 1 saturated heterocycles. The minimum Gasteiger partial charge on any atom is -0.356 e. The van der Waals surface area contributed by atoms with E-state index in [-0.39, 0.29) is 11.6 Å². The molecule has 27 heavy (non-hydrogen) atoms. The summed E-state index contributed by atoms with van der Waals surface area (Å²) in [6.45, 7) is 3.44. The Balaban J connectivity index is 1.65. The zero-order chi connectivity index (χ0) is 19.3. The summed E-state index contributed by atoms with van der Waals surface area (Å²) >= 11 is 0. The van der Waals surface area contributed by atoms with Gasteiger partial charge < -0.3 is 4.90 Å². The van der Waals surface area contributed by atoms with E-state index in [1.807, 2.05) is 6.20 Å². The highest BCUT2D eigenvalue weighted by Gasteiger charge is 2.42. The first-order valence-electron chi connectivity index (χ1n) is 9.25. The highest BCUT2D eigenvalue weighted by molar-refractivity contribution is 5.46. The zero-order valence-corrected chi connectivity index (χ0v) is 15.3. The van der Waals surface area contributed by atoms with E-state index in [1.165, 1.54) is 30.9 Å². The molecule has 3 heterocycles. The molecule has 0 saturated carbocycles. The molecule has 0 unspecified atom stereocenters. The van der Waals surface area contributed by atoms with E-state index < -0.39 is 12.2 Å². The van der Waals surface area contributed by atoms with Gasteiger partial charge in [-0.2, -0.15) is 13.2 Å². The number of pyridine rings is 1. The summed E-state index contributed by atoms with van der Waals surface area (Å²) in [6, 6.07) is 1.09. The second-order valence-electron chi connectivity index (χ2n) is 6.81. The molecule has 1 fully saturated rings. The number of nitrogens with zero attached hydrogens (tertiary/aromatic N) is 4. The summed E-state index contributed by atoms with van der Waals surface area (Å²) in [7, 11) is 0. The molecular weight excluding hydrogens is 355 g/mol. The molecule has 5 nitrogen and oxygen atoms in total. The molecule has 0 aromatic carbocycles. The van der Waals surface area contributed by atoms with Crippen LogP contribution in [0.1, 0.15) is 43.4 Å². The number of hydrogen-bond acceptors (Lipinski definition) is 5. The number of aryl methyl sites for hydroxylation is 1. The lowest BCUT2D eigenvalue weighted by Crippen LogP contribution is -2.47. The van der Waals surface area contributed by atoms with Crippen LogP contribution < -0.4 is 10.2 Å². The van der Waals surface area contributed by atoms with Gasteiger partial charge in [-0.05, 0) is 30.9 Å². The number of nitrogens with one attached hydrogen (secondary N) is 1. The standard InChI is InChI=1S/C19H24F3N5/c1-2-4-15-12-24-13-25-18(15)27-9-6-16(7-10-27)26-17(19(20,21)22)14-5-3-8-23-11-14/h3,5,8,11-13,16-17,26H,2,4,6-7,9-10H2,1H3/t17-/m0/s1. The molecule has 2 aromatic heterocycles. The van der Waals surface area contributed by atoms with Crippen molar-refractivity contribution in [1.82, 2.24) is 20.3 Å². The van der Waals surface area contributed by atoms with E-state index >= 15 is 0 Å². The van der Waals surface area contributed by atoms with E-state index in [1.54, 1.807) is 0 Å². The van der Waals surface area contributed by atoms with E-state index in [2.05, 4.69) is 32.1 Å². The Bertz CT molecular complexity index is 715. The first kappa shape index (κ1) is 19.5. The Labute approximate surface area is 157 Å². The largest absolute Gasteiger partial charge is 0.407 e. The van der Waals surface area contributed by atoms with Gasteiger partial charge in [0.1, 0.15) is 18.2 Å². The molecule has 0 bridgehead atoms. The topological polar surface area (TPSA) is 53.9 Å². The van der Waals surface area contributed by atoms with Crippen LogP contribution in [-0.2, 0) is 6.42 Å². The van der Waals surface area contributed by atoms with E-state index in [4.69, 9.17) is 0 Å². The lowest BCUT2D eigenvalue weighted by Gasteiger charge is -2.36. The predicted octanol–water partition coefficient (Wildman–Crippen LogP) is 3.69. The lowest BCUT2D eigenvalue weighted by atomic mass is 10.0. The number of anilines is 1. The summed E-state index contributed by atoms with van der Waals surface area (Å²) in [5.74, 6) is 0.907. The van der Waals surface area contributed by atoms with Crippen molar-refractivity contribution in [2.75, 3.05) is 18.0 Å². The summed E-state index contributed by atoms with van der Waals surface area (Å²) in [5.41, 5.74) is 1.24. The fourth-order valence-corrected chi connectivity index (χ4v) is 3.50. The lowest BCUT2D eigenvalue weighted by molar-refractivity contribution is -0.160. The van der Waals surface area contributed by atoms with Crippen molar-refractivity contribution in [2.45, 2.75) is 50.9 Å². The maximum atomic E-state index is 13.5. The predicted molar refractivity (Wildman–Crippen MR) is 97.4 cm³/mol. The molecule has 0 aliphatic carbocycles. The van der Waals surface area contributed by atoms with Crippen molar-refractivity contribution in [2.24, 2.45) is 0 Å². The van der Waals surface area contributed by atoms with Gasteiger partial charge in [-0.25, -0.2) is 9.97 Å². The number of rotatable bonds is 6. The minimum absolute atomic E-state index is 0.147. The molecule has 1 aliphatic heterocycles. The van der Waals surface area contributed by atoms with Crippen LogP contribution in [0.4, 0.5) is 19.0 Å². The van der Waals surface area contributed by atoms with Gasteiger partial charge in [0.05, 0.1) is 0 Å². The Morgan fingerprint density at radius 3 is 2.63 bits per heavy atom. The summed E-state index contributed by atoms with van der Waals surface area (Å²) in [4.78, 5) is 14.5. The highest BCUT2D eigenvalue weighted by Crippen LogP contribution is 2.34. The average Bonchev–Trinajstić information content (AvgIpc) is 2.67. The SMILES string of the molecule is CCCc1cncnc1N1CCC(N[C@@H](c2cccnc2)C(F)(F)F)CC1. The van der Waals surface area contributed by atoms with Crippen LogP contribution in [0.15, 0.2) is 37.1 Å². The number of piperidine rings is 1. The molecule has 146 valence electrons. The third-order valence-corrected chi connectivity index (χ3v) is 4.83. The molecule has 2 aromatic rings. The van der Waals surface area contributed by atoms with Crippen LogP contribution in [0.25, 0.3) is 0 Å². The van der Waals surface area contributed by atoms with Crippen molar-refractivity contribution in [3.05, 3.63) is 48.2 Å². The molecule has 0 amide bonds. The number of hydrogen-bond donors (Lipinski definition) is 1. The normalized spacial score (nSPS) is 17.1. The van der Waals surface area contributed by atoms with Crippen molar-refractivity contribution >= 4 is 5.82 Å².